The van der Waals surface area contributed by atoms with Crippen LogP contribution in [0.15, 0.2) is 34.9 Å². The van der Waals surface area contributed by atoms with Crippen LogP contribution in [0.2, 0.25) is 5.02 Å². The summed E-state index contributed by atoms with van der Waals surface area (Å²) in [6, 6.07) is 7.42. The molecular weight excluding hydrogens is 316 g/mol. The van der Waals surface area contributed by atoms with E-state index in [0.29, 0.717) is 49.3 Å². The molecule has 0 saturated carbocycles. The molecule has 1 amide bonds. The van der Waals surface area contributed by atoms with E-state index in [-0.39, 0.29) is 5.91 Å². The fourth-order valence-corrected chi connectivity index (χ4v) is 2.30. The van der Waals surface area contributed by atoms with Crippen molar-refractivity contribution < 1.29 is 13.9 Å². The van der Waals surface area contributed by atoms with E-state index in [9.17, 15) is 4.79 Å². The van der Waals surface area contributed by atoms with Crippen molar-refractivity contribution in [1.82, 2.24) is 10.3 Å². The van der Waals surface area contributed by atoms with E-state index in [1.165, 1.54) is 0 Å². The topological polar surface area (TPSA) is 64.4 Å². The van der Waals surface area contributed by atoms with Gasteiger partial charge in [-0.05, 0) is 25.5 Å². The fraction of sp³-hybridized carbons (Fsp3) is 0.412. The van der Waals surface area contributed by atoms with Gasteiger partial charge < -0.3 is 14.5 Å². The second-order valence-corrected chi connectivity index (χ2v) is 5.41. The summed E-state index contributed by atoms with van der Waals surface area (Å²) in [5, 5.41) is 3.46. The van der Waals surface area contributed by atoms with Gasteiger partial charge in [-0.2, -0.15) is 0 Å². The summed E-state index contributed by atoms with van der Waals surface area (Å²) in [6.07, 6.45) is 3.25. The zero-order valence-electron chi connectivity index (χ0n) is 13.2. The van der Waals surface area contributed by atoms with Gasteiger partial charge in [0.15, 0.2) is 11.7 Å². The Morgan fingerprint density at radius 1 is 1.39 bits per heavy atom. The number of amides is 1. The maximum Gasteiger partial charge on any atom is 0.220 e. The monoisotopic (exact) mass is 336 g/mol. The molecule has 23 heavy (non-hydrogen) atoms. The number of rotatable bonds is 9. The van der Waals surface area contributed by atoms with E-state index in [2.05, 4.69) is 10.3 Å². The predicted octanol–water partition coefficient (Wildman–Crippen LogP) is 3.47. The highest BCUT2D eigenvalue weighted by molar-refractivity contribution is 6.33. The molecule has 0 aliphatic carbocycles. The SMILES string of the molecule is CCOCCCNC(=O)CCc1ncc(-c2ccccc2Cl)o1. The highest BCUT2D eigenvalue weighted by Crippen LogP contribution is 2.28. The largest absolute Gasteiger partial charge is 0.441 e. The molecule has 6 heteroatoms. The van der Waals surface area contributed by atoms with Crippen molar-refractivity contribution in [2.45, 2.75) is 26.2 Å². The summed E-state index contributed by atoms with van der Waals surface area (Å²) in [5.74, 6) is 1.13. The molecule has 0 aliphatic heterocycles. The van der Waals surface area contributed by atoms with Gasteiger partial charge in [-0.15, -0.1) is 0 Å². The molecular formula is C17H21ClN2O3. The summed E-state index contributed by atoms with van der Waals surface area (Å²) in [6.45, 7) is 3.94. The number of oxazole rings is 1. The molecule has 0 spiro atoms. The molecule has 5 nitrogen and oxygen atoms in total. The number of ether oxygens (including phenoxy) is 1. The van der Waals surface area contributed by atoms with Crippen LogP contribution in [0, 0.1) is 0 Å². The molecule has 2 rings (SSSR count). The van der Waals surface area contributed by atoms with Crippen LogP contribution in [0.4, 0.5) is 0 Å². The quantitative estimate of drug-likeness (QED) is 0.712. The Morgan fingerprint density at radius 3 is 3.00 bits per heavy atom. The van der Waals surface area contributed by atoms with E-state index in [0.717, 1.165) is 12.0 Å². The summed E-state index contributed by atoms with van der Waals surface area (Å²) in [4.78, 5) is 15.9. The lowest BCUT2D eigenvalue weighted by atomic mass is 10.2. The first-order valence-corrected chi connectivity index (χ1v) is 8.12. The Kier molecular flexibility index (Phi) is 7.10. The lowest BCUT2D eigenvalue weighted by Gasteiger charge is -2.04. The first-order chi connectivity index (χ1) is 11.2. The lowest BCUT2D eigenvalue weighted by molar-refractivity contribution is -0.121. The normalized spacial score (nSPS) is 10.7. The van der Waals surface area contributed by atoms with Crippen molar-refractivity contribution in [3.63, 3.8) is 0 Å². The Labute approximate surface area is 141 Å². The number of nitrogens with zero attached hydrogens (tertiary/aromatic N) is 1. The van der Waals surface area contributed by atoms with Gasteiger partial charge in [-0.3, -0.25) is 4.79 Å². The third-order valence-electron chi connectivity index (χ3n) is 3.25. The molecule has 1 aromatic heterocycles. The molecule has 1 aromatic carbocycles. The minimum absolute atomic E-state index is 0.0148. The summed E-state index contributed by atoms with van der Waals surface area (Å²) in [7, 11) is 0. The van der Waals surface area contributed by atoms with Gasteiger partial charge in [-0.1, -0.05) is 23.7 Å². The lowest BCUT2D eigenvalue weighted by Crippen LogP contribution is -2.25. The van der Waals surface area contributed by atoms with Crippen LogP contribution in [0.5, 0.6) is 0 Å². The van der Waals surface area contributed by atoms with Crippen LogP contribution in [-0.2, 0) is 16.0 Å². The molecule has 0 aliphatic rings. The van der Waals surface area contributed by atoms with Gasteiger partial charge in [0.2, 0.25) is 5.91 Å². The van der Waals surface area contributed by atoms with Crippen molar-refractivity contribution in [1.29, 1.82) is 0 Å². The van der Waals surface area contributed by atoms with Crippen molar-refractivity contribution in [2.75, 3.05) is 19.8 Å². The van der Waals surface area contributed by atoms with Crippen LogP contribution in [-0.4, -0.2) is 30.6 Å². The molecule has 124 valence electrons. The smallest absolute Gasteiger partial charge is 0.220 e. The summed E-state index contributed by atoms with van der Waals surface area (Å²) in [5.41, 5.74) is 0.799. The summed E-state index contributed by atoms with van der Waals surface area (Å²) >= 11 is 6.13. The van der Waals surface area contributed by atoms with E-state index in [4.69, 9.17) is 20.8 Å². The first kappa shape index (κ1) is 17.5. The van der Waals surface area contributed by atoms with E-state index in [1.807, 2.05) is 25.1 Å². The highest BCUT2D eigenvalue weighted by Gasteiger charge is 2.10. The van der Waals surface area contributed by atoms with Gasteiger partial charge in [0.25, 0.3) is 0 Å². The zero-order chi connectivity index (χ0) is 16.5. The molecule has 0 atom stereocenters. The number of hydrogen-bond donors (Lipinski definition) is 1. The number of halogens is 1. The number of hydrogen-bond acceptors (Lipinski definition) is 4. The molecule has 0 fully saturated rings. The number of carbonyl (C=O) groups is 1. The first-order valence-electron chi connectivity index (χ1n) is 7.74. The van der Waals surface area contributed by atoms with E-state index in [1.54, 1.807) is 12.3 Å². The van der Waals surface area contributed by atoms with Crippen LogP contribution in [0.25, 0.3) is 11.3 Å². The predicted molar refractivity (Wildman–Crippen MR) is 89.4 cm³/mol. The van der Waals surface area contributed by atoms with Crippen LogP contribution in [0.3, 0.4) is 0 Å². The zero-order valence-corrected chi connectivity index (χ0v) is 13.9. The molecule has 2 aromatic rings. The maximum atomic E-state index is 11.7. The molecule has 1 heterocycles. The van der Waals surface area contributed by atoms with Crippen LogP contribution >= 0.6 is 11.6 Å². The van der Waals surface area contributed by atoms with Gasteiger partial charge in [0.05, 0.1) is 11.2 Å². The Balaban J connectivity index is 1.77. The second kappa shape index (κ2) is 9.33. The van der Waals surface area contributed by atoms with E-state index >= 15 is 0 Å². The molecule has 0 saturated heterocycles. The van der Waals surface area contributed by atoms with Crippen LogP contribution in [0.1, 0.15) is 25.7 Å². The minimum Gasteiger partial charge on any atom is -0.441 e. The van der Waals surface area contributed by atoms with Gasteiger partial charge in [0, 0.05) is 38.2 Å². The number of aromatic nitrogens is 1. The van der Waals surface area contributed by atoms with Gasteiger partial charge in [-0.25, -0.2) is 4.98 Å². The number of nitrogens with one attached hydrogen (secondary N) is 1. The number of carbonyl (C=O) groups excluding carboxylic acids is 1. The highest BCUT2D eigenvalue weighted by atomic mass is 35.5. The third-order valence-corrected chi connectivity index (χ3v) is 3.58. The molecule has 1 N–H and O–H groups in total. The minimum atomic E-state index is -0.0148. The molecule has 0 bridgehead atoms. The second-order valence-electron chi connectivity index (χ2n) is 5.00. The molecule has 0 radical (unpaired) electrons. The van der Waals surface area contributed by atoms with Crippen molar-refractivity contribution in [3.8, 4) is 11.3 Å². The average molecular weight is 337 g/mol. The van der Waals surface area contributed by atoms with Crippen molar-refractivity contribution in [3.05, 3.63) is 41.4 Å². The van der Waals surface area contributed by atoms with Gasteiger partial charge in [0.1, 0.15) is 0 Å². The molecule has 0 unspecified atom stereocenters. The Bertz CT molecular complexity index is 628. The van der Waals surface area contributed by atoms with E-state index < -0.39 is 0 Å². The maximum absolute atomic E-state index is 11.7. The van der Waals surface area contributed by atoms with Crippen molar-refractivity contribution >= 4 is 17.5 Å². The number of benzene rings is 1. The Morgan fingerprint density at radius 2 is 2.22 bits per heavy atom. The summed E-state index contributed by atoms with van der Waals surface area (Å²) < 4.78 is 10.9. The third kappa shape index (κ3) is 5.69. The standard InChI is InChI=1S/C17H21ClN2O3/c1-2-22-11-5-10-19-16(21)8-9-17-20-12-15(23-17)13-6-3-4-7-14(13)18/h3-4,6-7,12H,2,5,8-11H2,1H3,(H,19,21). The average Bonchev–Trinajstić information content (AvgIpc) is 3.02. The van der Waals surface area contributed by atoms with Gasteiger partial charge >= 0.3 is 0 Å². The van der Waals surface area contributed by atoms with Crippen molar-refractivity contribution in [2.24, 2.45) is 0 Å². The number of aryl methyl sites for hydroxylation is 1. The van der Waals surface area contributed by atoms with Crippen LogP contribution < -0.4 is 5.32 Å². The fourth-order valence-electron chi connectivity index (χ4n) is 2.07. The Hall–Kier alpha value is -1.85.